The van der Waals surface area contributed by atoms with Crippen molar-refractivity contribution in [3.05, 3.63) is 0 Å². The first-order valence-electron chi connectivity index (χ1n) is 7.33. The SMILES string of the molecule is CCO[Si](C)(Cl)C(CC)C1CCCN1[Si](C)(C)C. The predicted octanol–water partition coefficient (Wildman–Crippen LogP) is 4.41. The van der Waals surface area contributed by atoms with E-state index in [0.29, 0.717) is 11.6 Å². The van der Waals surface area contributed by atoms with Gasteiger partial charge >= 0.3 is 0 Å². The number of nitrogens with zero attached hydrogens (tertiary/aromatic N) is 1. The van der Waals surface area contributed by atoms with E-state index in [-0.39, 0.29) is 0 Å². The van der Waals surface area contributed by atoms with Crippen LogP contribution in [-0.2, 0) is 4.43 Å². The molecule has 0 saturated carbocycles. The lowest BCUT2D eigenvalue weighted by Crippen LogP contribution is -2.54. The van der Waals surface area contributed by atoms with Crippen LogP contribution in [0.1, 0.15) is 33.1 Å². The maximum absolute atomic E-state index is 6.80. The van der Waals surface area contributed by atoms with Crippen LogP contribution in [0.5, 0.6) is 0 Å². The van der Waals surface area contributed by atoms with Crippen LogP contribution in [0, 0.1) is 0 Å². The fourth-order valence-electron chi connectivity index (χ4n) is 3.41. The van der Waals surface area contributed by atoms with Gasteiger partial charge < -0.3 is 8.99 Å². The average molecular weight is 308 g/mol. The molecule has 0 N–H and O–H groups in total. The molecule has 0 aromatic heterocycles. The van der Waals surface area contributed by atoms with Crippen molar-refractivity contribution < 1.29 is 4.43 Å². The molecule has 0 aromatic rings. The van der Waals surface area contributed by atoms with Crippen molar-refractivity contribution in [3.8, 4) is 0 Å². The average Bonchev–Trinajstić information content (AvgIpc) is 2.66. The maximum atomic E-state index is 6.80. The Labute approximate surface area is 120 Å². The monoisotopic (exact) mass is 307 g/mol. The molecule has 0 spiro atoms. The highest BCUT2D eigenvalue weighted by atomic mass is 35.6. The molecule has 1 heterocycles. The van der Waals surface area contributed by atoms with Crippen molar-refractivity contribution in [1.29, 1.82) is 0 Å². The van der Waals surface area contributed by atoms with Gasteiger partial charge in [-0.15, -0.1) is 11.1 Å². The van der Waals surface area contributed by atoms with Gasteiger partial charge in [-0.1, -0.05) is 33.0 Å². The van der Waals surface area contributed by atoms with Crippen molar-refractivity contribution >= 4 is 26.9 Å². The molecular formula is C13H30ClNOSi2. The van der Waals surface area contributed by atoms with Gasteiger partial charge in [-0.2, -0.15) is 0 Å². The molecule has 1 fully saturated rings. The zero-order valence-corrected chi connectivity index (χ0v) is 15.7. The van der Waals surface area contributed by atoms with Gasteiger partial charge in [0.2, 0.25) is 0 Å². The van der Waals surface area contributed by atoms with Crippen LogP contribution in [0.4, 0.5) is 0 Å². The van der Waals surface area contributed by atoms with E-state index in [1.54, 1.807) is 0 Å². The van der Waals surface area contributed by atoms with Gasteiger partial charge in [-0.25, -0.2) is 0 Å². The Balaban J connectivity index is 2.87. The summed E-state index contributed by atoms with van der Waals surface area (Å²) in [4.78, 5) is 0. The summed E-state index contributed by atoms with van der Waals surface area (Å²) in [5, 5.41) is 0. The second-order valence-corrected chi connectivity index (χ2v) is 16.7. The van der Waals surface area contributed by atoms with Crippen LogP contribution in [0.3, 0.4) is 0 Å². The van der Waals surface area contributed by atoms with Crippen molar-refractivity contribution in [2.75, 3.05) is 13.2 Å². The quantitative estimate of drug-likeness (QED) is 0.532. The highest BCUT2D eigenvalue weighted by molar-refractivity contribution is 7.16. The summed E-state index contributed by atoms with van der Waals surface area (Å²) in [5.74, 6) is 0. The molecule has 2 nitrogen and oxygen atoms in total. The molecule has 1 aliphatic heterocycles. The largest absolute Gasteiger partial charge is 0.403 e. The maximum Gasteiger partial charge on any atom is 0.291 e. The van der Waals surface area contributed by atoms with Crippen LogP contribution >= 0.6 is 11.1 Å². The standard InChI is InChI=1S/C13H30ClNOSi2/c1-7-13(18(6,14)16-8-2)12-10-9-11-15(12)17(3,4)5/h12-13H,7-11H2,1-6H3. The van der Waals surface area contributed by atoms with Gasteiger partial charge in [-0.3, -0.25) is 0 Å². The van der Waals surface area contributed by atoms with Gasteiger partial charge in [0, 0.05) is 18.2 Å². The van der Waals surface area contributed by atoms with E-state index >= 15 is 0 Å². The summed E-state index contributed by atoms with van der Waals surface area (Å²) in [5.41, 5.74) is 0.563. The molecule has 0 amide bonds. The summed E-state index contributed by atoms with van der Waals surface area (Å²) in [6.07, 6.45) is 3.79. The second kappa shape index (κ2) is 6.40. The summed E-state index contributed by atoms with van der Waals surface area (Å²) in [6.45, 7) is 15.9. The van der Waals surface area contributed by atoms with E-state index < -0.39 is 15.9 Å². The van der Waals surface area contributed by atoms with Crippen molar-refractivity contribution in [1.82, 2.24) is 4.57 Å². The third kappa shape index (κ3) is 3.82. The molecule has 18 heavy (non-hydrogen) atoms. The van der Waals surface area contributed by atoms with Crippen molar-refractivity contribution in [2.45, 2.75) is 70.9 Å². The van der Waals surface area contributed by atoms with Crippen LogP contribution < -0.4 is 0 Å². The summed E-state index contributed by atoms with van der Waals surface area (Å²) >= 11 is 6.80. The third-order valence-corrected chi connectivity index (χ3v) is 10.6. The lowest BCUT2D eigenvalue weighted by molar-refractivity contribution is 0.295. The van der Waals surface area contributed by atoms with Crippen molar-refractivity contribution in [2.24, 2.45) is 0 Å². The molecule has 108 valence electrons. The highest BCUT2D eigenvalue weighted by Gasteiger charge is 2.46. The third-order valence-electron chi connectivity index (χ3n) is 4.15. The minimum Gasteiger partial charge on any atom is -0.403 e. The lowest BCUT2D eigenvalue weighted by atomic mass is 10.1. The minimum absolute atomic E-state index is 0.563. The van der Waals surface area contributed by atoms with E-state index in [4.69, 9.17) is 15.5 Å². The first-order valence-corrected chi connectivity index (χ1v) is 14.3. The molecule has 0 radical (unpaired) electrons. The normalized spacial score (nSPS) is 27.2. The van der Waals surface area contributed by atoms with Gasteiger partial charge in [0.15, 0.2) is 0 Å². The van der Waals surface area contributed by atoms with E-state index in [2.05, 4.69) is 44.6 Å². The van der Waals surface area contributed by atoms with Crippen molar-refractivity contribution in [3.63, 3.8) is 0 Å². The molecule has 1 aliphatic rings. The number of hydrogen-bond donors (Lipinski definition) is 0. The Morgan fingerprint density at radius 3 is 2.33 bits per heavy atom. The van der Waals surface area contributed by atoms with Crippen LogP contribution in [0.15, 0.2) is 0 Å². The smallest absolute Gasteiger partial charge is 0.291 e. The zero-order valence-electron chi connectivity index (χ0n) is 12.9. The molecule has 3 atom stereocenters. The highest BCUT2D eigenvalue weighted by Crippen LogP contribution is 2.41. The topological polar surface area (TPSA) is 12.5 Å². The summed E-state index contributed by atoms with van der Waals surface area (Å²) < 4.78 is 8.73. The van der Waals surface area contributed by atoms with Gasteiger partial charge in [-0.05, 0) is 32.9 Å². The van der Waals surface area contributed by atoms with E-state index in [9.17, 15) is 0 Å². The Hall–Kier alpha value is 0.644. The number of halogens is 1. The lowest BCUT2D eigenvalue weighted by Gasteiger charge is -2.42. The van der Waals surface area contributed by atoms with Crippen LogP contribution in [-0.4, -0.2) is 39.6 Å². The first-order chi connectivity index (χ1) is 8.24. The molecule has 1 rings (SSSR count). The minimum atomic E-state index is -2.07. The molecular weight excluding hydrogens is 278 g/mol. The fraction of sp³-hybridized carbons (Fsp3) is 1.00. The predicted molar refractivity (Wildman–Crippen MR) is 86.2 cm³/mol. The van der Waals surface area contributed by atoms with E-state index in [0.717, 1.165) is 13.0 Å². The Kier molecular flexibility index (Phi) is 5.93. The zero-order chi connectivity index (χ0) is 14.0. The Morgan fingerprint density at radius 2 is 1.89 bits per heavy atom. The Morgan fingerprint density at radius 1 is 1.28 bits per heavy atom. The first kappa shape index (κ1) is 16.7. The van der Waals surface area contributed by atoms with Gasteiger partial charge in [0.25, 0.3) is 7.63 Å². The molecule has 1 saturated heterocycles. The van der Waals surface area contributed by atoms with E-state index in [1.807, 2.05) is 0 Å². The van der Waals surface area contributed by atoms with Gasteiger partial charge in [0.05, 0.1) is 0 Å². The molecule has 0 aromatic carbocycles. The summed E-state index contributed by atoms with van der Waals surface area (Å²) in [6, 6.07) is 0.669. The Bertz CT molecular complexity index is 268. The fourth-order valence-corrected chi connectivity index (χ4v) is 9.46. The van der Waals surface area contributed by atoms with E-state index in [1.165, 1.54) is 19.4 Å². The molecule has 0 bridgehead atoms. The van der Waals surface area contributed by atoms with Gasteiger partial charge in [0.1, 0.15) is 8.24 Å². The molecule has 5 heteroatoms. The second-order valence-electron chi connectivity index (χ2n) is 6.51. The molecule has 0 aliphatic carbocycles. The van der Waals surface area contributed by atoms with Crippen LogP contribution in [0.2, 0.25) is 31.7 Å². The number of hydrogen-bond acceptors (Lipinski definition) is 2. The number of rotatable bonds is 6. The van der Waals surface area contributed by atoms with Crippen LogP contribution in [0.25, 0.3) is 0 Å². The molecule has 3 unspecified atom stereocenters. The summed E-state index contributed by atoms with van der Waals surface area (Å²) in [7, 11) is -3.29.